The summed E-state index contributed by atoms with van der Waals surface area (Å²) >= 11 is 0. The van der Waals surface area contributed by atoms with E-state index < -0.39 is 0 Å². The van der Waals surface area contributed by atoms with Crippen molar-refractivity contribution in [2.75, 3.05) is 0 Å². The highest BCUT2D eigenvalue weighted by Crippen LogP contribution is 2.24. The topological polar surface area (TPSA) is 0 Å². The SMILES string of the molecule is CCCCCC(C)CCCC(C)(C)C. The molecular formula is C14H30. The average molecular weight is 198 g/mol. The van der Waals surface area contributed by atoms with Gasteiger partial charge in [0.1, 0.15) is 0 Å². The Morgan fingerprint density at radius 1 is 0.929 bits per heavy atom. The van der Waals surface area contributed by atoms with E-state index in [1.165, 1.54) is 44.9 Å². The molecule has 0 heteroatoms. The third-order valence-corrected chi connectivity index (χ3v) is 2.92. The smallest absolute Gasteiger partial charge is 0.0383 e. The first kappa shape index (κ1) is 14.0. The Kier molecular flexibility index (Phi) is 7.31. The summed E-state index contributed by atoms with van der Waals surface area (Å²) in [6.45, 7) is 11.7. The Hall–Kier alpha value is 0. The van der Waals surface area contributed by atoms with Crippen LogP contribution in [0.5, 0.6) is 0 Å². The molecule has 0 saturated heterocycles. The van der Waals surface area contributed by atoms with Crippen molar-refractivity contribution in [3.63, 3.8) is 0 Å². The van der Waals surface area contributed by atoms with Crippen molar-refractivity contribution < 1.29 is 0 Å². The molecule has 0 aromatic carbocycles. The van der Waals surface area contributed by atoms with Crippen LogP contribution in [0.1, 0.15) is 79.6 Å². The Labute approximate surface area is 91.5 Å². The molecule has 14 heavy (non-hydrogen) atoms. The van der Waals surface area contributed by atoms with Gasteiger partial charge in [-0.05, 0) is 17.8 Å². The summed E-state index contributed by atoms with van der Waals surface area (Å²) in [6, 6.07) is 0. The van der Waals surface area contributed by atoms with Gasteiger partial charge in [-0.1, -0.05) is 73.1 Å². The summed E-state index contributed by atoms with van der Waals surface area (Å²) in [5.74, 6) is 0.948. The van der Waals surface area contributed by atoms with E-state index in [2.05, 4.69) is 34.6 Å². The summed E-state index contributed by atoms with van der Waals surface area (Å²) < 4.78 is 0. The van der Waals surface area contributed by atoms with Crippen molar-refractivity contribution in [3.8, 4) is 0 Å². The average Bonchev–Trinajstić information content (AvgIpc) is 2.02. The zero-order chi connectivity index (χ0) is 11.0. The van der Waals surface area contributed by atoms with Crippen molar-refractivity contribution >= 4 is 0 Å². The summed E-state index contributed by atoms with van der Waals surface area (Å²) in [5, 5.41) is 0. The molecule has 0 aliphatic rings. The number of unbranched alkanes of at least 4 members (excludes halogenated alkanes) is 2. The molecule has 1 unspecified atom stereocenters. The second-order valence-electron chi connectivity index (χ2n) is 6.05. The van der Waals surface area contributed by atoms with Crippen LogP contribution in [0.2, 0.25) is 0 Å². The molecule has 0 fully saturated rings. The first-order valence-corrected chi connectivity index (χ1v) is 6.45. The van der Waals surface area contributed by atoms with Crippen LogP contribution in [0, 0.1) is 11.3 Å². The molecule has 86 valence electrons. The zero-order valence-corrected chi connectivity index (χ0v) is 11.0. The lowest BCUT2D eigenvalue weighted by Crippen LogP contribution is -2.05. The van der Waals surface area contributed by atoms with Crippen LogP contribution < -0.4 is 0 Å². The van der Waals surface area contributed by atoms with E-state index in [4.69, 9.17) is 0 Å². The van der Waals surface area contributed by atoms with Crippen molar-refractivity contribution in [2.24, 2.45) is 11.3 Å². The summed E-state index contributed by atoms with van der Waals surface area (Å²) in [7, 11) is 0. The van der Waals surface area contributed by atoms with Crippen LogP contribution >= 0.6 is 0 Å². The number of hydrogen-bond donors (Lipinski definition) is 0. The maximum atomic E-state index is 2.42. The van der Waals surface area contributed by atoms with E-state index >= 15 is 0 Å². The van der Waals surface area contributed by atoms with Gasteiger partial charge in [0.15, 0.2) is 0 Å². The van der Waals surface area contributed by atoms with Gasteiger partial charge in [0, 0.05) is 0 Å². The van der Waals surface area contributed by atoms with Gasteiger partial charge >= 0.3 is 0 Å². The predicted molar refractivity (Wildman–Crippen MR) is 66.6 cm³/mol. The second kappa shape index (κ2) is 7.31. The van der Waals surface area contributed by atoms with Crippen molar-refractivity contribution in [1.82, 2.24) is 0 Å². The van der Waals surface area contributed by atoms with Crippen LogP contribution in [0.3, 0.4) is 0 Å². The maximum Gasteiger partial charge on any atom is -0.0383 e. The minimum absolute atomic E-state index is 0.531. The minimum Gasteiger partial charge on any atom is -0.0654 e. The summed E-state index contributed by atoms with van der Waals surface area (Å²) in [6.07, 6.45) is 9.88. The second-order valence-corrected chi connectivity index (χ2v) is 6.05. The molecule has 1 atom stereocenters. The van der Waals surface area contributed by atoms with Gasteiger partial charge in [-0.25, -0.2) is 0 Å². The molecule has 0 N–H and O–H groups in total. The first-order valence-electron chi connectivity index (χ1n) is 6.45. The van der Waals surface area contributed by atoms with Crippen LogP contribution in [-0.2, 0) is 0 Å². The standard InChI is InChI=1S/C14H30/c1-6-7-8-10-13(2)11-9-12-14(3,4)5/h13H,6-12H2,1-5H3. The van der Waals surface area contributed by atoms with Gasteiger partial charge in [0.25, 0.3) is 0 Å². The van der Waals surface area contributed by atoms with Gasteiger partial charge in [0.2, 0.25) is 0 Å². The van der Waals surface area contributed by atoms with E-state index in [1.807, 2.05) is 0 Å². The Balaban J connectivity index is 3.31. The summed E-state index contributed by atoms with van der Waals surface area (Å²) in [4.78, 5) is 0. The molecule has 0 heterocycles. The highest BCUT2D eigenvalue weighted by atomic mass is 14.2. The first-order chi connectivity index (χ1) is 6.45. The minimum atomic E-state index is 0.531. The molecule has 0 aliphatic carbocycles. The van der Waals surface area contributed by atoms with Crippen molar-refractivity contribution in [1.29, 1.82) is 0 Å². The molecular weight excluding hydrogens is 168 g/mol. The van der Waals surface area contributed by atoms with Crippen LogP contribution in [-0.4, -0.2) is 0 Å². The lowest BCUT2D eigenvalue weighted by molar-refractivity contribution is 0.336. The van der Waals surface area contributed by atoms with Crippen LogP contribution in [0.15, 0.2) is 0 Å². The molecule has 0 nitrogen and oxygen atoms in total. The Morgan fingerprint density at radius 3 is 2.00 bits per heavy atom. The number of hydrogen-bond acceptors (Lipinski definition) is 0. The largest absolute Gasteiger partial charge is 0.0654 e. The van der Waals surface area contributed by atoms with Gasteiger partial charge in [-0.15, -0.1) is 0 Å². The lowest BCUT2D eigenvalue weighted by Gasteiger charge is -2.19. The normalized spacial score (nSPS) is 14.4. The van der Waals surface area contributed by atoms with E-state index in [9.17, 15) is 0 Å². The lowest BCUT2D eigenvalue weighted by atomic mass is 9.87. The molecule has 0 amide bonds. The third-order valence-electron chi connectivity index (χ3n) is 2.92. The zero-order valence-electron chi connectivity index (χ0n) is 11.0. The van der Waals surface area contributed by atoms with Crippen molar-refractivity contribution in [3.05, 3.63) is 0 Å². The maximum absolute atomic E-state index is 2.42. The fraction of sp³-hybridized carbons (Fsp3) is 1.00. The van der Waals surface area contributed by atoms with Gasteiger partial charge in [-0.2, -0.15) is 0 Å². The fourth-order valence-electron chi connectivity index (χ4n) is 1.87. The monoisotopic (exact) mass is 198 g/mol. The van der Waals surface area contributed by atoms with E-state index in [-0.39, 0.29) is 0 Å². The number of rotatable bonds is 7. The quantitative estimate of drug-likeness (QED) is 0.479. The molecule has 0 spiro atoms. The molecule has 0 aromatic heterocycles. The molecule has 0 aliphatic heterocycles. The van der Waals surface area contributed by atoms with Gasteiger partial charge in [0.05, 0.1) is 0 Å². The van der Waals surface area contributed by atoms with Crippen LogP contribution in [0.4, 0.5) is 0 Å². The Morgan fingerprint density at radius 2 is 1.50 bits per heavy atom. The van der Waals surface area contributed by atoms with Crippen LogP contribution in [0.25, 0.3) is 0 Å². The predicted octanol–water partition coefficient (Wildman–Crippen LogP) is 5.42. The fourth-order valence-corrected chi connectivity index (χ4v) is 1.87. The molecule has 0 aromatic rings. The molecule has 0 rings (SSSR count). The molecule has 0 saturated carbocycles. The van der Waals surface area contributed by atoms with E-state index in [1.54, 1.807) is 0 Å². The van der Waals surface area contributed by atoms with E-state index in [0.717, 1.165) is 5.92 Å². The van der Waals surface area contributed by atoms with Gasteiger partial charge in [-0.3, -0.25) is 0 Å². The van der Waals surface area contributed by atoms with Crippen molar-refractivity contribution in [2.45, 2.75) is 79.6 Å². The molecule has 0 bridgehead atoms. The highest BCUT2D eigenvalue weighted by molar-refractivity contribution is 4.63. The molecule has 0 radical (unpaired) electrons. The highest BCUT2D eigenvalue weighted by Gasteiger charge is 2.10. The Bertz CT molecular complexity index is 118. The summed E-state index contributed by atoms with van der Waals surface area (Å²) in [5.41, 5.74) is 0.531. The van der Waals surface area contributed by atoms with E-state index in [0.29, 0.717) is 5.41 Å². The van der Waals surface area contributed by atoms with Gasteiger partial charge < -0.3 is 0 Å². The third kappa shape index (κ3) is 10.1.